The predicted octanol–water partition coefficient (Wildman–Crippen LogP) is 3.51. The van der Waals surface area contributed by atoms with Crippen LogP contribution < -0.4 is 5.32 Å². The van der Waals surface area contributed by atoms with Gasteiger partial charge in [-0.1, -0.05) is 56.7 Å². The lowest BCUT2D eigenvalue weighted by Crippen LogP contribution is -2.50. The topological polar surface area (TPSA) is 49.4 Å². The number of rotatable bonds is 6. The first-order chi connectivity index (χ1) is 12.5. The zero-order valence-electron chi connectivity index (χ0n) is 15.0. The lowest BCUT2D eigenvalue weighted by molar-refractivity contribution is -0.127. The third kappa shape index (κ3) is 3.47. The number of fused-ring (bicyclic) bond motifs is 1. The molecule has 0 saturated carbocycles. The molecule has 0 aliphatic carbocycles. The van der Waals surface area contributed by atoms with Gasteiger partial charge in [-0.15, -0.1) is 0 Å². The van der Waals surface area contributed by atoms with Crippen molar-refractivity contribution in [1.29, 1.82) is 0 Å². The van der Waals surface area contributed by atoms with E-state index in [9.17, 15) is 14.0 Å². The lowest BCUT2D eigenvalue weighted by Gasteiger charge is -2.31. The summed E-state index contributed by atoms with van der Waals surface area (Å²) < 4.78 is 13.8. The molecule has 2 aromatic rings. The number of nitrogens with zero attached hydrogens (tertiary/aromatic N) is 1. The molecule has 4 nitrogen and oxygen atoms in total. The Morgan fingerprint density at radius 1 is 1.19 bits per heavy atom. The Labute approximate surface area is 153 Å². The summed E-state index contributed by atoms with van der Waals surface area (Å²) in [7, 11) is 0. The van der Waals surface area contributed by atoms with E-state index in [-0.39, 0.29) is 30.1 Å². The summed E-state index contributed by atoms with van der Waals surface area (Å²) in [5.41, 5.74) is 2.02. The van der Waals surface area contributed by atoms with Crippen molar-refractivity contribution in [2.75, 3.05) is 0 Å². The van der Waals surface area contributed by atoms with E-state index >= 15 is 0 Å². The molecular formula is C21H23FN2O2. The normalized spacial score (nSPS) is 15.5. The standard InChI is InChI=1S/C21H23FN2O2/c1-3-14(2)19(20(25)23-12-15-8-5-7-11-18(15)22)24-13-16-9-4-6-10-17(16)21(24)26/h4-11,14,19H,3,12-13H2,1-2H3,(H,23,25)/t14-,19+/m0/s1. The summed E-state index contributed by atoms with van der Waals surface area (Å²) >= 11 is 0. The zero-order chi connectivity index (χ0) is 18.7. The summed E-state index contributed by atoms with van der Waals surface area (Å²) in [5.74, 6) is -0.720. The van der Waals surface area contributed by atoms with E-state index in [1.165, 1.54) is 6.07 Å². The van der Waals surface area contributed by atoms with Crippen LogP contribution in [0, 0.1) is 11.7 Å². The molecule has 2 amide bonds. The number of hydrogen-bond acceptors (Lipinski definition) is 2. The fraction of sp³-hybridized carbons (Fsp3) is 0.333. The molecule has 5 heteroatoms. The molecule has 2 atom stereocenters. The average molecular weight is 354 g/mol. The van der Waals surface area contributed by atoms with Gasteiger partial charge in [0.05, 0.1) is 0 Å². The number of amides is 2. The van der Waals surface area contributed by atoms with Crippen molar-refractivity contribution in [2.45, 2.75) is 39.4 Å². The number of carbonyl (C=O) groups is 2. The number of benzene rings is 2. The molecule has 1 heterocycles. The van der Waals surface area contributed by atoms with Gasteiger partial charge in [0.1, 0.15) is 11.9 Å². The van der Waals surface area contributed by atoms with Crippen molar-refractivity contribution >= 4 is 11.8 Å². The molecular weight excluding hydrogens is 331 g/mol. The fourth-order valence-electron chi connectivity index (χ4n) is 3.36. The van der Waals surface area contributed by atoms with Crippen molar-refractivity contribution in [3.05, 3.63) is 71.0 Å². The van der Waals surface area contributed by atoms with Crippen LogP contribution in [0.25, 0.3) is 0 Å². The van der Waals surface area contributed by atoms with Crippen LogP contribution in [0.3, 0.4) is 0 Å². The Kier molecular flexibility index (Phi) is 5.35. The third-order valence-electron chi connectivity index (χ3n) is 5.05. The van der Waals surface area contributed by atoms with E-state index < -0.39 is 6.04 Å². The van der Waals surface area contributed by atoms with E-state index in [0.717, 1.165) is 12.0 Å². The monoisotopic (exact) mass is 354 g/mol. The van der Waals surface area contributed by atoms with Crippen molar-refractivity contribution in [1.82, 2.24) is 10.2 Å². The predicted molar refractivity (Wildman–Crippen MR) is 97.8 cm³/mol. The van der Waals surface area contributed by atoms with E-state index in [2.05, 4.69) is 5.32 Å². The molecule has 0 radical (unpaired) electrons. The molecule has 1 N–H and O–H groups in total. The molecule has 2 aromatic carbocycles. The highest BCUT2D eigenvalue weighted by Gasteiger charge is 2.38. The fourth-order valence-corrected chi connectivity index (χ4v) is 3.36. The Balaban J connectivity index is 1.78. The largest absolute Gasteiger partial charge is 0.350 e. The zero-order valence-corrected chi connectivity index (χ0v) is 15.0. The summed E-state index contributed by atoms with van der Waals surface area (Å²) in [6.07, 6.45) is 0.762. The number of halogens is 1. The highest BCUT2D eigenvalue weighted by atomic mass is 19.1. The summed E-state index contributed by atoms with van der Waals surface area (Å²) in [4.78, 5) is 27.3. The van der Waals surface area contributed by atoms with Gasteiger partial charge in [0.15, 0.2) is 0 Å². The van der Waals surface area contributed by atoms with Crippen LogP contribution in [0.1, 0.15) is 41.8 Å². The SMILES string of the molecule is CC[C@H](C)[C@H](C(=O)NCc1ccccc1F)N1Cc2ccccc2C1=O. The molecule has 0 unspecified atom stereocenters. The second-order valence-corrected chi connectivity index (χ2v) is 6.73. The van der Waals surface area contributed by atoms with Gasteiger partial charge in [0, 0.05) is 24.2 Å². The minimum absolute atomic E-state index is 0.00566. The Hall–Kier alpha value is -2.69. The molecule has 1 aliphatic rings. The molecule has 3 rings (SSSR count). The van der Waals surface area contributed by atoms with Gasteiger partial charge in [-0.05, 0) is 23.6 Å². The number of nitrogens with one attached hydrogen (secondary N) is 1. The first kappa shape index (κ1) is 18.1. The molecule has 26 heavy (non-hydrogen) atoms. The first-order valence-electron chi connectivity index (χ1n) is 8.93. The van der Waals surface area contributed by atoms with Crippen LogP contribution in [0.15, 0.2) is 48.5 Å². The summed E-state index contributed by atoms with van der Waals surface area (Å²) in [6.45, 7) is 4.49. The van der Waals surface area contributed by atoms with E-state index in [1.807, 2.05) is 32.0 Å². The maximum Gasteiger partial charge on any atom is 0.255 e. The van der Waals surface area contributed by atoms with Crippen LogP contribution in [-0.4, -0.2) is 22.8 Å². The average Bonchev–Trinajstić information content (AvgIpc) is 2.98. The van der Waals surface area contributed by atoms with Crippen molar-refractivity contribution in [3.8, 4) is 0 Å². The first-order valence-corrected chi connectivity index (χ1v) is 8.93. The van der Waals surface area contributed by atoms with Crippen LogP contribution in [0.2, 0.25) is 0 Å². The Morgan fingerprint density at radius 3 is 2.58 bits per heavy atom. The van der Waals surface area contributed by atoms with Gasteiger partial charge < -0.3 is 10.2 Å². The summed E-state index contributed by atoms with van der Waals surface area (Å²) in [6, 6.07) is 13.2. The maximum absolute atomic E-state index is 13.8. The van der Waals surface area contributed by atoms with Gasteiger partial charge in [0.25, 0.3) is 5.91 Å². The van der Waals surface area contributed by atoms with E-state index in [0.29, 0.717) is 17.7 Å². The smallest absolute Gasteiger partial charge is 0.255 e. The van der Waals surface area contributed by atoms with Crippen LogP contribution in [-0.2, 0) is 17.9 Å². The number of hydrogen-bond donors (Lipinski definition) is 1. The molecule has 136 valence electrons. The van der Waals surface area contributed by atoms with Crippen molar-refractivity contribution in [2.24, 2.45) is 5.92 Å². The van der Waals surface area contributed by atoms with Crippen molar-refractivity contribution in [3.63, 3.8) is 0 Å². The Bertz CT molecular complexity index is 821. The molecule has 0 aromatic heterocycles. The lowest BCUT2D eigenvalue weighted by atomic mass is 9.96. The molecule has 0 saturated heterocycles. The highest BCUT2D eigenvalue weighted by molar-refractivity contribution is 6.01. The van der Waals surface area contributed by atoms with E-state index in [1.54, 1.807) is 29.2 Å². The molecule has 0 bridgehead atoms. The second-order valence-electron chi connectivity index (χ2n) is 6.73. The van der Waals surface area contributed by atoms with Gasteiger partial charge in [-0.25, -0.2) is 4.39 Å². The highest BCUT2D eigenvalue weighted by Crippen LogP contribution is 2.28. The van der Waals surface area contributed by atoms with Gasteiger partial charge >= 0.3 is 0 Å². The quantitative estimate of drug-likeness (QED) is 0.863. The van der Waals surface area contributed by atoms with Crippen LogP contribution >= 0.6 is 0 Å². The minimum Gasteiger partial charge on any atom is -0.350 e. The van der Waals surface area contributed by atoms with E-state index in [4.69, 9.17) is 0 Å². The second kappa shape index (κ2) is 7.68. The minimum atomic E-state index is -0.577. The molecule has 1 aliphatic heterocycles. The van der Waals surface area contributed by atoms with Gasteiger partial charge in [-0.2, -0.15) is 0 Å². The number of carbonyl (C=O) groups excluding carboxylic acids is 2. The van der Waals surface area contributed by atoms with Gasteiger partial charge in [0.2, 0.25) is 5.91 Å². The van der Waals surface area contributed by atoms with Crippen LogP contribution in [0.5, 0.6) is 0 Å². The molecule has 0 spiro atoms. The maximum atomic E-state index is 13.8. The third-order valence-corrected chi connectivity index (χ3v) is 5.05. The van der Waals surface area contributed by atoms with Crippen LogP contribution in [0.4, 0.5) is 4.39 Å². The van der Waals surface area contributed by atoms with Crippen molar-refractivity contribution < 1.29 is 14.0 Å². The summed E-state index contributed by atoms with van der Waals surface area (Å²) in [5, 5.41) is 2.81. The Morgan fingerprint density at radius 2 is 1.88 bits per heavy atom. The molecule has 0 fully saturated rings. The van der Waals surface area contributed by atoms with Gasteiger partial charge in [-0.3, -0.25) is 9.59 Å².